The molecule has 7 unspecified atom stereocenters. The molecular formula is C22H26O9. The van der Waals surface area contributed by atoms with Crippen molar-refractivity contribution in [1.82, 2.24) is 0 Å². The van der Waals surface area contributed by atoms with Gasteiger partial charge in [-0.1, -0.05) is 25.1 Å². The van der Waals surface area contributed by atoms with Gasteiger partial charge in [-0.15, -0.1) is 0 Å². The molecule has 0 radical (unpaired) electrons. The summed E-state index contributed by atoms with van der Waals surface area (Å²) in [5, 5.41) is 21.6. The molecule has 0 aromatic heterocycles. The summed E-state index contributed by atoms with van der Waals surface area (Å²) in [5.74, 6) is -4.71. The zero-order valence-corrected chi connectivity index (χ0v) is 17.4. The molecule has 9 nitrogen and oxygen atoms in total. The Bertz CT molecular complexity index is 871. The zero-order valence-electron chi connectivity index (χ0n) is 17.4. The fourth-order valence-corrected chi connectivity index (χ4v) is 4.66. The normalized spacial score (nSPS) is 39.7. The second kappa shape index (κ2) is 7.98. The van der Waals surface area contributed by atoms with Crippen molar-refractivity contribution in [2.75, 3.05) is 13.7 Å². The molecule has 4 rings (SSSR count). The number of benzene rings is 1. The van der Waals surface area contributed by atoms with Crippen LogP contribution < -0.4 is 0 Å². The lowest BCUT2D eigenvalue weighted by Crippen LogP contribution is -2.61. The number of ether oxygens (including phenoxy) is 4. The van der Waals surface area contributed by atoms with E-state index in [1.807, 2.05) is 6.92 Å². The standard InChI is InChI=1S/C22H26O9/c1-12-11-29-21(10-15(12)30-19(25)13-6-4-3-5-7-13)20(26)22(27)16(23)8-14(18(24)28-2)9-17(22)31-21/h3-7,12,14-17,23,27H,8-11H2,1-2H3. The summed E-state index contributed by atoms with van der Waals surface area (Å²) >= 11 is 0. The number of hydrogen-bond acceptors (Lipinski definition) is 9. The predicted molar refractivity (Wildman–Crippen MR) is 104 cm³/mol. The van der Waals surface area contributed by atoms with E-state index in [4.69, 9.17) is 18.9 Å². The predicted octanol–water partition coefficient (Wildman–Crippen LogP) is 0.608. The first-order valence-corrected chi connectivity index (χ1v) is 10.3. The second-order valence-electron chi connectivity index (χ2n) is 8.52. The first-order valence-electron chi connectivity index (χ1n) is 10.3. The molecule has 9 heteroatoms. The van der Waals surface area contributed by atoms with Gasteiger partial charge in [-0.05, 0) is 25.0 Å². The highest BCUT2D eigenvalue weighted by Crippen LogP contribution is 2.49. The van der Waals surface area contributed by atoms with Crippen LogP contribution in [-0.4, -0.2) is 71.4 Å². The van der Waals surface area contributed by atoms with Gasteiger partial charge in [-0.3, -0.25) is 9.59 Å². The number of carbonyl (C=O) groups is 3. The maximum atomic E-state index is 13.3. The van der Waals surface area contributed by atoms with E-state index in [1.54, 1.807) is 30.3 Å². The molecule has 1 aromatic rings. The topological polar surface area (TPSA) is 129 Å². The lowest BCUT2D eigenvalue weighted by Gasteiger charge is -2.39. The summed E-state index contributed by atoms with van der Waals surface area (Å²) in [5.41, 5.74) is -1.84. The Hall–Kier alpha value is -2.33. The van der Waals surface area contributed by atoms with Crippen molar-refractivity contribution in [3.63, 3.8) is 0 Å². The van der Waals surface area contributed by atoms with Crippen LogP contribution in [0.4, 0.5) is 0 Å². The van der Waals surface area contributed by atoms with Crippen molar-refractivity contribution in [2.24, 2.45) is 11.8 Å². The number of ketones is 1. The van der Waals surface area contributed by atoms with Gasteiger partial charge in [0.15, 0.2) is 5.60 Å². The molecule has 31 heavy (non-hydrogen) atoms. The number of aliphatic hydroxyl groups is 2. The van der Waals surface area contributed by atoms with Gasteiger partial charge in [-0.2, -0.15) is 0 Å². The van der Waals surface area contributed by atoms with E-state index in [9.17, 15) is 24.6 Å². The van der Waals surface area contributed by atoms with Crippen LogP contribution in [0.25, 0.3) is 0 Å². The van der Waals surface area contributed by atoms with E-state index in [0.717, 1.165) is 0 Å². The van der Waals surface area contributed by atoms with Gasteiger partial charge < -0.3 is 29.2 Å². The first-order chi connectivity index (χ1) is 14.7. The monoisotopic (exact) mass is 434 g/mol. The molecule has 168 valence electrons. The molecule has 1 spiro atoms. The number of fused-ring (bicyclic) bond motifs is 1. The Morgan fingerprint density at radius 2 is 1.90 bits per heavy atom. The van der Waals surface area contributed by atoms with Gasteiger partial charge in [-0.25, -0.2) is 4.79 Å². The molecule has 3 aliphatic rings. The third kappa shape index (κ3) is 3.55. The number of hydrogen-bond donors (Lipinski definition) is 2. The van der Waals surface area contributed by atoms with Crippen molar-refractivity contribution >= 4 is 17.7 Å². The maximum Gasteiger partial charge on any atom is 0.338 e. The van der Waals surface area contributed by atoms with Gasteiger partial charge in [0.05, 0.1) is 31.3 Å². The quantitative estimate of drug-likeness (QED) is 0.657. The van der Waals surface area contributed by atoms with Crippen molar-refractivity contribution in [2.45, 2.75) is 55.9 Å². The molecule has 1 saturated carbocycles. The highest BCUT2D eigenvalue weighted by molar-refractivity contribution is 5.97. The molecule has 2 saturated heterocycles. The lowest BCUT2D eigenvalue weighted by atomic mass is 9.72. The van der Waals surface area contributed by atoms with Crippen LogP contribution in [0.5, 0.6) is 0 Å². The highest BCUT2D eigenvalue weighted by atomic mass is 16.7. The smallest absolute Gasteiger partial charge is 0.338 e. The Morgan fingerprint density at radius 1 is 1.19 bits per heavy atom. The Morgan fingerprint density at radius 3 is 2.58 bits per heavy atom. The van der Waals surface area contributed by atoms with Gasteiger partial charge >= 0.3 is 11.9 Å². The van der Waals surface area contributed by atoms with Gasteiger partial charge in [0, 0.05) is 12.3 Å². The molecule has 2 aliphatic heterocycles. The SMILES string of the molecule is COC(=O)C1CC(O)C2(O)C(=O)C3(CC(OC(=O)c4ccccc4)C(C)CO3)OC2C1. The minimum Gasteiger partial charge on any atom is -0.469 e. The minimum atomic E-state index is -2.21. The first kappa shape index (κ1) is 21.9. The fourth-order valence-electron chi connectivity index (χ4n) is 4.66. The number of aliphatic hydroxyl groups excluding tert-OH is 1. The fraction of sp³-hybridized carbons (Fsp3) is 0.591. The van der Waals surface area contributed by atoms with E-state index < -0.39 is 53.3 Å². The van der Waals surface area contributed by atoms with Gasteiger partial charge in [0.25, 0.3) is 0 Å². The molecule has 0 bridgehead atoms. The Labute approximate surface area is 179 Å². The zero-order chi connectivity index (χ0) is 22.4. The minimum absolute atomic E-state index is 0.00110. The lowest BCUT2D eigenvalue weighted by molar-refractivity contribution is -0.266. The molecule has 7 atom stereocenters. The van der Waals surface area contributed by atoms with Crippen LogP contribution in [0.3, 0.4) is 0 Å². The maximum absolute atomic E-state index is 13.3. The largest absolute Gasteiger partial charge is 0.469 e. The van der Waals surface area contributed by atoms with E-state index >= 15 is 0 Å². The van der Waals surface area contributed by atoms with E-state index in [1.165, 1.54) is 7.11 Å². The Kier molecular flexibility index (Phi) is 5.63. The Balaban J connectivity index is 1.55. The second-order valence-corrected chi connectivity index (χ2v) is 8.52. The molecule has 2 heterocycles. The van der Waals surface area contributed by atoms with E-state index in [-0.39, 0.29) is 31.8 Å². The van der Waals surface area contributed by atoms with Crippen LogP contribution in [-0.2, 0) is 28.5 Å². The van der Waals surface area contributed by atoms with E-state index in [2.05, 4.69) is 0 Å². The van der Waals surface area contributed by atoms with Crippen molar-refractivity contribution in [3.8, 4) is 0 Å². The summed E-state index contributed by atoms with van der Waals surface area (Å²) in [7, 11) is 1.23. The average molecular weight is 434 g/mol. The number of rotatable bonds is 3. The summed E-state index contributed by atoms with van der Waals surface area (Å²) in [4.78, 5) is 37.8. The number of methoxy groups -OCH3 is 1. The van der Waals surface area contributed by atoms with Gasteiger partial charge in [0.1, 0.15) is 12.2 Å². The number of esters is 2. The molecule has 0 amide bonds. The van der Waals surface area contributed by atoms with Crippen LogP contribution in [0, 0.1) is 11.8 Å². The average Bonchev–Trinajstić information content (AvgIpc) is 2.99. The van der Waals surface area contributed by atoms with Crippen molar-refractivity contribution < 1.29 is 43.5 Å². The molecule has 3 fully saturated rings. The van der Waals surface area contributed by atoms with Crippen molar-refractivity contribution in [3.05, 3.63) is 35.9 Å². The molecule has 1 aliphatic carbocycles. The van der Waals surface area contributed by atoms with Crippen molar-refractivity contribution in [1.29, 1.82) is 0 Å². The van der Waals surface area contributed by atoms with Crippen LogP contribution >= 0.6 is 0 Å². The summed E-state index contributed by atoms with van der Waals surface area (Å²) in [6.07, 6.45) is -3.63. The van der Waals surface area contributed by atoms with E-state index in [0.29, 0.717) is 5.56 Å². The van der Waals surface area contributed by atoms with Gasteiger partial charge in [0.2, 0.25) is 11.6 Å². The molecular weight excluding hydrogens is 408 g/mol. The van der Waals surface area contributed by atoms with Crippen LogP contribution in [0.2, 0.25) is 0 Å². The van der Waals surface area contributed by atoms with Crippen LogP contribution in [0.1, 0.15) is 36.5 Å². The highest BCUT2D eigenvalue weighted by Gasteiger charge is 2.70. The number of carbonyl (C=O) groups excluding carboxylic acids is 3. The molecule has 1 aromatic carbocycles. The number of Topliss-reactive ketones (excluding diaryl/α,β-unsaturated/α-hetero) is 1. The third-order valence-corrected chi connectivity index (χ3v) is 6.53. The summed E-state index contributed by atoms with van der Waals surface area (Å²) < 4.78 is 22.0. The summed E-state index contributed by atoms with van der Waals surface area (Å²) in [6.45, 7) is 1.87. The molecule has 2 N–H and O–H groups in total. The summed E-state index contributed by atoms with van der Waals surface area (Å²) in [6, 6.07) is 8.46. The van der Waals surface area contributed by atoms with Crippen LogP contribution in [0.15, 0.2) is 30.3 Å². The third-order valence-electron chi connectivity index (χ3n) is 6.53.